The molecule has 1 aromatic carbocycles. The average Bonchev–Trinajstić information content (AvgIpc) is 2.99. The first-order valence-corrected chi connectivity index (χ1v) is 9.22. The minimum atomic E-state index is -0.725. The fourth-order valence-electron chi connectivity index (χ4n) is 2.38. The standard InChI is InChI=1S/C19H16BrClFN3O2/c1-19(2,3)27-18(26)25-10-14(11-7-8-15(20)23-9-11)24-17(25)16-12(21)5-4-6-13(16)22/h4-10H,1-3H3. The Morgan fingerprint density at radius 3 is 2.59 bits per heavy atom. The van der Waals surface area contributed by atoms with Crippen LogP contribution in [0.2, 0.25) is 5.02 Å². The summed E-state index contributed by atoms with van der Waals surface area (Å²) in [5.41, 5.74) is 0.405. The maximum atomic E-state index is 14.5. The summed E-state index contributed by atoms with van der Waals surface area (Å²) < 4.78 is 21.7. The number of carbonyl (C=O) groups excluding carboxylic acids is 1. The molecule has 0 atom stereocenters. The number of aromatic nitrogens is 3. The number of imidazole rings is 1. The van der Waals surface area contributed by atoms with Gasteiger partial charge in [0, 0.05) is 18.0 Å². The first-order valence-electron chi connectivity index (χ1n) is 8.05. The quantitative estimate of drug-likeness (QED) is 0.451. The van der Waals surface area contributed by atoms with Crippen molar-refractivity contribution in [3.63, 3.8) is 0 Å². The van der Waals surface area contributed by atoms with E-state index in [1.165, 1.54) is 24.4 Å². The Morgan fingerprint density at radius 2 is 2.00 bits per heavy atom. The summed E-state index contributed by atoms with van der Waals surface area (Å²) in [6, 6.07) is 7.82. The predicted molar refractivity (Wildman–Crippen MR) is 105 cm³/mol. The minimum absolute atomic E-state index is 0.0290. The van der Waals surface area contributed by atoms with Gasteiger partial charge in [-0.15, -0.1) is 0 Å². The topological polar surface area (TPSA) is 57.0 Å². The Bertz CT molecular complexity index is 977. The molecule has 0 unspecified atom stereocenters. The SMILES string of the molecule is CC(C)(C)OC(=O)n1cc(-c2ccc(Br)nc2)nc1-c1c(F)cccc1Cl. The van der Waals surface area contributed by atoms with Gasteiger partial charge in [0.25, 0.3) is 0 Å². The van der Waals surface area contributed by atoms with Gasteiger partial charge in [-0.2, -0.15) is 0 Å². The highest BCUT2D eigenvalue weighted by atomic mass is 79.9. The monoisotopic (exact) mass is 451 g/mol. The largest absolute Gasteiger partial charge is 0.443 e. The lowest BCUT2D eigenvalue weighted by atomic mass is 10.2. The highest BCUT2D eigenvalue weighted by Gasteiger charge is 2.25. The van der Waals surface area contributed by atoms with Gasteiger partial charge in [-0.3, -0.25) is 0 Å². The third-order valence-electron chi connectivity index (χ3n) is 3.51. The van der Waals surface area contributed by atoms with Gasteiger partial charge in [-0.25, -0.2) is 23.7 Å². The molecule has 3 rings (SSSR count). The van der Waals surface area contributed by atoms with Crippen LogP contribution in [0.1, 0.15) is 20.8 Å². The van der Waals surface area contributed by atoms with Crippen molar-refractivity contribution in [2.75, 3.05) is 0 Å². The molecular formula is C19H16BrClFN3O2. The summed E-state index contributed by atoms with van der Waals surface area (Å²) in [6.07, 6.45) is 2.40. The number of nitrogens with zero attached hydrogens (tertiary/aromatic N) is 3. The molecule has 3 aromatic rings. The van der Waals surface area contributed by atoms with Crippen LogP contribution in [0, 0.1) is 5.82 Å². The number of rotatable bonds is 2. The van der Waals surface area contributed by atoms with Crippen LogP contribution >= 0.6 is 27.5 Å². The minimum Gasteiger partial charge on any atom is -0.443 e. The molecule has 0 bridgehead atoms. The van der Waals surface area contributed by atoms with E-state index in [0.717, 1.165) is 4.57 Å². The lowest BCUT2D eigenvalue weighted by Gasteiger charge is -2.20. The Kier molecular flexibility index (Phi) is 5.35. The maximum absolute atomic E-state index is 14.5. The third-order valence-corrected chi connectivity index (χ3v) is 4.29. The number of carbonyl (C=O) groups is 1. The van der Waals surface area contributed by atoms with Gasteiger partial charge in [0.05, 0.1) is 16.3 Å². The fourth-order valence-corrected chi connectivity index (χ4v) is 2.87. The molecule has 2 heterocycles. The van der Waals surface area contributed by atoms with E-state index in [1.807, 2.05) is 0 Å². The molecule has 8 heteroatoms. The highest BCUT2D eigenvalue weighted by Crippen LogP contribution is 2.32. The molecule has 0 radical (unpaired) electrons. The van der Waals surface area contributed by atoms with Crippen molar-refractivity contribution in [3.8, 4) is 22.6 Å². The second-order valence-corrected chi connectivity index (χ2v) is 7.99. The van der Waals surface area contributed by atoms with Crippen molar-refractivity contribution in [2.45, 2.75) is 26.4 Å². The highest BCUT2D eigenvalue weighted by molar-refractivity contribution is 9.10. The summed E-state index contributed by atoms with van der Waals surface area (Å²) in [7, 11) is 0. The number of ether oxygens (including phenoxy) is 1. The molecule has 0 aliphatic heterocycles. The Balaban J connectivity index is 2.18. The van der Waals surface area contributed by atoms with E-state index in [2.05, 4.69) is 25.9 Å². The zero-order valence-corrected chi connectivity index (χ0v) is 17.2. The Labute approximate surface area is 169 Å². The summed E-state index contributed by atoms with van der Waals surface area (Å²) in [5.74, 6) is -0.524. The van der Waals surface area contributed by atoms with Crippen molar-refractivity contribution >= 4 is 33.6 Å². The summed E-state index contributed by atoms with van der Waals surface area (Å²) in [5, 5.41) is 0.144. The molecule has 0 saturated heterocycles. The van der Waals surface area contributed by atoms with Gasteiger partial charge in [-0.1, -0.05) is 17.7 Å². The molecule has 5 nitrogen and oxygen atoms in total. The predicted octanol–water partition coefficient (Wildman–Crippen LogP) is 5.95. The van der Waals surface area contributed by atoms with E-state index < -0.39 is 17.5 Å². The van der Waals surface area contributed by atoms with Gasteiger partial charge < -0.3 is 4.74 Å². The van der Waals surface area contributed by atoms with Gasteiger partial charge in [0.1, 0.15) is 16.0 Å². The summed E-state index contributed by atoms with van der Waals surface area (Å²) in [6.45, 7) is 5.24. The molecule has 0 aliphatic rings. The fraction of sp³-hybridized carbons (Fsp3) is 0.211. The molecule has 0 N–H and O–H groups in total. The lowest BCUT2D eigenvalue weighted by molar-refractivity contribution is 0.0539. The van der Waals surface area contributed by atoms with Gasteiger partial charge in [-0.05, 0) is 61.0 Å². The van der Waals surface area contributed by atoms with E-state index in [-0.39, 0.29) is 16.4 Å². The van der Waals surface area contributed by atoms with Crippen molar-refractivity contribution in [2.24, 2.45) is 0 Å². The second kappa shape index (κ2) is 7.40. The van der Waals surface area contributed by atoms with Crippen LogP contribution in [0.4, 0.5) is 9.18 Å². The first kappa shape index (κ1) is 19.5. The number of pyridine rings is 1. The Morgan fingerprint density at radius 1 is 1.26 bits per heavy atom. The van der Waals surface area contributed by atoms with Crippen LogP contribution in [0.25, 0.3) is 22.6 Å². The molecule has 0 fully saturated rings. The van der Waals surface area contributed by atoms with Crippen LogP contribution in [-0.4, -0.2) is 26.2 Å². The van der Waals surface area contributed by atoms with Crippen LogP contribution in [0.5, 0.6) is 0 Å². The number of benzene rings is 1. The van der Waals surface area contributed by atoms with E-state index in [9.17, 15) is 9.18 Å². The maximum Gasteiger partial charge on any atom is 0.420 e. The number of halogens is 3. The van der Waals surface area contributed by atoms with Crippen LogP contribution in [0.15, 0.2) is 47.3 Å². The van der Waals surface area contributed by atoms with Crippen LogP contribution in [-0.2, 0) is 4.74 Å². The van der Waals surface area contributed by atoms with E-state index in [4.69, 9.17) is 16.3 Å². The zero-order valence-electron chi connectivity index (χ0n) is 14.8. The molecule has 0 saturated carbocycles. The van der Waals surface area contributed by atoms with Crippen LogP contribution in [0.3, 0.4) is 0 Å². The number of hydrogen-bond acceptors (Lipinski definition) is 4. The molecule has 27 heavy (non-hydrogen) atoms. The van der Waals surface area contributed by atoms with Crippen molar-refractivity contribution in [3.05, 3.63) is 58.2 Å². The van der Waals surface area contributed by atoms with E-state index >= 15 is 0 Å². The van der Waals surface area contributed by atoms with Gasteiger partial charge >= 0.3 is 6.09 Å². The van der Waals surface area contributed by atoms with E-state index in [0.29, 0.717) is 15.9 Å². The smallest absolute Gasteiger partial charge is 0.420 e. The van der Waals surface area contributed by atoms with Crippen molar-refractivity contribution in [1.29, 1.82) is 0 Å². The molecule has 140 valence electrons. The Hall–Kier alpha value is -2.25. The summed E-state index contributed by atoms with van der Waals surface area (Å²) >= 11 is 9.46. The van der Waals surface area contributed by atoms with Crippen molar-refractivity contribution < 1.29 is 13.9 Å². The first-order chi connectivity index (χ1) is 12.7. The number of hydrogen-bond donors (Lipinski definition) is 0. The molecular weight excluding hydrogens is 437 g/mol. The lowest BCUT2D eigenvalue weighted by Crippen LogP contribution is -2.27. The summed E-state index contributed by atoms with van der Waals surface area (Å²) in [4.78, 5) is 21.3. The zero-order chi connectivity index (χ0) is 19.8. The van der Waals surface area contributed by atoms with Gasteiger partial charge in [0.15, 0.2) is 5.82 Å². The van der Waals surface area contributed by atoms with Crippen LogP contribution < -0.4 is 0 Å². The third kappa shape index (κ3) is 4.36. The van der Waals surface area contributed by atoms with E-state index in [1.54, 1.807) is 39.1 Å². The van der Waals surface area contributed by atoms with Gasteiger partial charge in [0.2, 0.25) is 0 Å². The molecule has 0 amide bonds. The average molecular weight is 453 g/mol. The molecule has 0 aliphatic carbocycles. The molecule has 2 aromatic heterocycles. The molecule has 0 spiro atoms. The normalized spacial score (nSPS) is 11.5. The second-order valence-electron chi connectivity index (χ2n) is 6.77. The van der Waals surface area contributed by atoms with Crippen molar-refractivity contribution in [1.82, 2.24) is 14.5 Å².